The van der Waals surface area contributed by atoms with E-state index in [1.165, 1.54) is 31.2 Å². The van der Waals surface area contributed by atoms with Crippen molar-refractivity contribution in [2.45, 2.75) is 25.3 Å². The Kier molecular flexibility index (Phi) is 6.42. The minimum atomic E-state index is -4.32. The molecule has 0 amide bonds. The predicted octanol–water partition coefficient (Wildman–Crippen LogP) is 4.04. The number of alkyl halides is 4. The van der Waals surface area contributed by atoms with E-state index in [9.17, 15) is 35.9 Å². The number of benzene rings is 2. The summed E-state index contributed by atoms with van der Waals surface area (Å²) in [5, 5.41) is 3.83. The van der Waals surface area contributed by atoms with Crippen LogP contribution in [0.4, 0.5) is 26.3 Å². The standard InChI is InChI=1S/C20H15F6N3O3/c1-11(17(30)15-7-2-12(21)8-16(15)22)29-19(31)28(10-27-29)13-3-5-14(6-4-13)32-9-20(25,26)18(23)24/h2-8,10-11,18H,9H2,1H3/t11-/m1/s1. The molecule has 0 saturated heterocycles. The molecular weight excluding hydrogens is 444 g/mol. The van der Waals surface area contributed by atoms with Gasteiger partial charge in [0.2, 0.25) is 0 Å². The number of ether oxygens (including phenoxy) is 1. The van der Waals surface area contributed by atoms with Crippen molar-refractivity contribution in [2.24, 2.45) is 0 Å². The fourth-order valence-electron chi connectivity index (χ4n) is 2.73. The van der Waals surface area contributed by atoms with Gasteiger partial charge in [-0.25, -0.2) is 31.6 Å². The number of halogens is 6. The van der Waals surface area contributed by atoms with Crippen molar-refractivity contribution in [3.05, 3.63) is 76.5 Å². The Morgan fingerprint density at radius 2 is 1.78 bits per heavy atom. The van der Waals surface area contributed by atoms with E-state index in [2.05, 4.69) is 9.84 Å². The van der Waals surface area contributed by atoms with Crippen LogP contribution in [0, 0.1) is 11.6 Å². The zero-order chi connectivity index (χ0) is 23.6. The second-order valence-electron chi connectivity index (χ2n) is 6.74. The first-order chi connectivity index (χ1) is 15.0. The summed E-state index contributed by atoms with van der Waals surface area (Å²) in [7, 11) is 0. The summed E-state index contributed by atoms with van der Waals surface area (Å²) < 4.78 is 83.6. The van der Waals surface area contributed by atoms with Crippen molar-refractivity contribution < 1.29 is 35.9 Å². The Bertz CT molecular complexity index is 1170. The van der Waals surface area contributed by atoms with Gasteiger partial charge in [0, 0.05) is 6.07 Å². The Hall–Kier alpha value is -3.57. The number of carbonyl (C=O) groups excluding carboxylic acids is 1. The lowest BCUT2D eigenvalue weighted by atomic mass is 10.1. The number of carbonyl (C=O) groups is 1. The summed E-state index contributed by atoms with van der Waals surface area (Å²) >= 11 is 0. The smallest absolute Gasteiger partial charge is 0.351 e. The van der Waals surface area contributed by atoms with Gasteiger partial charge in [-0.3, -0.25) is 4.79 Å². The molecule has 0 N–H and O–H groups in total. The maximum atomic E-state index is 13.9. The van der Waals surface area contributed by atoms with Crippen LogP contribution in [-0.4, -0.2) is 39.1 Å². The third-order valence-electron chi connectivity index (χ3n) is 4.50. The first-order valence-corrected chi connectivity index (χ1v) is 9.06. The first-order valence-electron chi connectivity index (χ1n) is 9.06. The van der Waals surface area contributed by atoms with Crippen LogP contribution >= 0.6 is 0 Å². The number of nitrogens with zero attached hydrogens (tertiary/aromatic N) is 3. The number of hydrogen-bond acceptors (Lipinski definition) is 4. The van der Waals surface area contributed by atoms with Crippen LogP contribution in [0.2, 0.25) is 0 Å². The molecule has 6 nitrogen and oxygen atoms in total. The summed E-state index contributed by atoms with van der Waals surface area (Å²) in [6, 6.07) is 6.13. The monoisotopic (exact) mass is 459 g/mol. The van der Waals surface area contributed by atoms with Gasteiger partial charge in [0.15, 0.2) is 12.4 Å². The molecule has 0 bridgehead atoms. The third-order valence-corrected chi connectivity index (χ3v) is 4.50. The highest BCUT2D eigenvalue weighted by Gasteiger charge is 2.41. The Labute approximate surface area is 176 Å². The molecule has 32 heavy (non-hydrogen) atoms. The number of aromatic nitrogens is 3. The molecule has 1 aromatic heterocycles. The summed E-state index contributed by atoms with van der Waals surface area (Å²) in [5.74, 6) is -7.20. The molecule has 3 rings (SSSR count). The highest BCUT2D eigenvalue weighted by Crippen LogP contribution is 2.25. The number of ketones is 1. The zero-order valence-corrected chi connectivity index (χ0v) is 16.3. The average molecular weight is 459 g/mol. The van der Waals surface area contributed by atoms with Crippen LogP contribution in [0.25, 0.3) is 5.69 Å². The van der Waals surface area contributed by atoms with Gasteiger partial charge in [-0.05, 0) is 43.3 Å². The second kappa shape index (κ2) is 8.89. The van der Waals surface area contributed by atoms with E-state index in [0.29, 0.717) is 6.07 Å². The zero-order valence-electron chi connectivity index (χ0n) is 16.3. The highest BCUT2D eigenvalue weighted by atomic mass is 19.3. The van der Waals surface area contributed by atoms with Gasteiger partial charge in [-0.15, -0.1) is 0 Å². The van der Waals surface area contributed by atoms with Gasteiger partial charge in [-0.1, -0.05) is 0 Å². The lowest BCUT2D eigenvalue weighted by Gasteiger charge is -2.16. The molecule has 1 atom stereocenters. The van der Waals surface area contributed by atoms with Crippen molar-refractivity contribution in [2.75, 3.05) is 6.61 Å². The van der Waals surface area contributed by atoms with Crippen LogP contribution in [0.1, 0.15) is 23.3 Å². The molecular formula is C20H15F6N3O3. The van der Waals surface area contributed by atoms with Crippen molar-refractivity contribution >= 4 is 5.78 Å². The molecule has 0 fully saturated rings. The summed E-state index contributed by atoms with van der Waals surface area (Å²) in [6.45, 7) is -0.217. The number of rotatable bonds is 8. The van der Waals surface area contributed by atoms with E-state index in [1.54, 1.807) is 0 Å². The molecule has 2 aromatic carbocycles. The van der Waals surface area contributed by atoms with Crippen molar-refractivity contribution in [3.63, 3.8) is 0 Å². The molecule has 0 aliphatic carbocycles. The fraction of sp³-hybridized carbons (Fsp3) is 0.250. The van der Waals surface area contributed by atoms with E-state index in [1.807, 2.05) is 0 Å². The molecule has 170 valence electrons. The van der Waals surface area contributed by atoms with E-state index < -0.39 is 53.7 Å². The lowest BCUT2D eigenvalue weighted by molar-refractivity contribution is -0.148. The second-order valence-corrected chi connectivity index (χ2v) is 6.74. The van der Waals surface area contributed by atoms with E-state index in [4.69, 9.17) is 0 Å². The Morgan fingerprint density at radius 1 is 1.12 bits per heavy atom. The van der Waals surface area contributed by atoms with E-state index in [0.717, 1.165) is 27.7 Å². The minimum Gasteiger partial charge on any atom is -0.487 e. The largest absolute Gasteiger partial charge is 0.487 e. The van der Waals surface area contributed by atoms with Gasteiger partial charge in [0.25, 0.3) is 0 Å². The summed E-state index contributed by atoms with van der Waals surface area (Å²) in [6.07, 6.45) is -2.80. The van der Waals surface area contributed by atoms with Gasteiger partial charge in [0.1, 0.15) is 29.8 Å². The lowest BCUT2D eigenvalue weighted by Crippen LogP contribution is -2.33. The van der Waals surface area contributed by atoms with Crippen LogP contribution < -0.4 is 10.4 Å². The normalized spacial score (nSPS) is 12.8. The average Bonchev–Trinajstić information content (AvgIpc) is 3.13. The van der Waals surface area contributed by atoms with Gasteiger partial charge < -0.3 is 4.74 Å². The van der Waals surface area contributed by atoms with Crippen molar-refractivity contribution in [1.82, 2.24) is 14.3 Å². The maximum Gasteiger partial charge on any atom is 0.351 e. The third kappa shape index (κ3) is 4.68. The number of Topliss-reactive ketones (excluding diaryl/α,β-unsaturated/α-hetero) is 1. The molecule has 3 aromatic rings. The fourth-order valence-corrected chi connectivity index (χ4v) is 2.73. The summed E-state index contributed by atoms with van der Waals surface area (Å²) in [5.41, 5.74) is -0.976. The molecule has 0 saturated carbocycles. The SMILES string of the molecule is C[C@H](C(=O)c1ccc(F)cc1F)n1ncn(-c2ccc(OCC(F)(F)C(F)F)cc2)c1=O. The first kappa shape index (κ1) is 23.1. The summed E-state index contributed by atoms with van der Waals surface area (Å²) in [4.78, 5) is 25.2. The molecule has 12 heteroatoms. The molecule has 0 aliphatic rings. The molecule has 0 radical (unpaired) electrons. The molecule has 0 spiro atoms. The van der Waals surface area contributed by atoms with Crippen LogP contribution in [0.5, 0.6) is 5.75 Å². The van der Waals surface area contributed by atoms with E-state index in [-0.39, 0.29) is 11.4 Å². The van der Waals surface area contributed by atoms with Gasteiger partial charge in [-0.2, -0.15) is 13.9 Å². The maximum absolute atomic E-state index is 13.9. The quantitative estimate of drug-likeness (QED) is 0.377. The highest BCUT2D eigenvalue weighted by molar-refractivity contribution is 5.98. The molecule has 0 aliphatic heterocycles. The topological polar surface area (TPSA) is 66.1 Å². The minimum absolute atomic E-state index is 0.134. The Balaban J connectivity index is 1.78. The van der Waals surface area contributed by atoms with E-state index >= 15 is 0 Å². The van der Waals surface area contributed by atoms with Crippen molar-refractivity contribution in [3.8, 4) is 11.4 Å². The van der Waals surface area contributed by atoms with Crippen LogP contribution in [0.3, 0.4) is 0 Å². The van der Waals surface area contributed by atoms with Crippen LogP contribution in [-0.2, 0) is 0 Å². The van der Waals surface area contributed by atoms with Gasteiger partial charge in [0.05, 0.1) is 11.3 Å². The molecule has 1 heterocycles. The van der Waals surface area contributed by atoms with Crippen LogP contribution in [0.15, 0.2) is 53.6 Å². The predicted molar refractivity (Wildman–Crippen MR) is 99.7 cm³/mol. The van der Waals surface area contributed by atoms with Crippen molar-refractivity contribution in [1.29, 1.82) is 0 Å². The number of hydrogen-bond donors (Lipinski definition) is 0. The van der Waals surface area contributed by atoms with Gasteiger partial charge >= 0.3 is 18.0 Å². The Morgan fingerprint density at radius 3 is 2.38 bits per heavy atom. The molecule has 0 unspecified atom stereocenters.